The van der Waals surface area contributed by atoms with Crippen LogP contribution in [0.3, 0.4) is 0 Å². The van der Waals surface area contributed by atoms with Gasteiger partial charge in [0.25, 0.3) is 5.91 Å². The summed E-state index contributed by atoms with van der Waals surface area (Å²) in [6, 6.07) is 8.41. The van der Waals surface area contributed by atoms with Crippen LogP contribution in [0.4, 0.5) is 0 Å². The van der Waals surface area contributed by atoms with Crippen LogP contribution in [0.1, 0.15) is 93.7 Å². The van der Waals surface area contributed by atoms with Crippen LogP contribution in [-0.4, -0.2) is 17.2 Å². The zero-order valence-corrected chi connectivity index (χ0v) is 20.2. The van der Waals surface area contributed by atoms with Crippen molar-refractivity contribution >= 4 is 28.6 Å². The summed E-state index contributed by atoms with van der Waals surface area (Å²) in [5.74, 6) is 4.13. The summed E-state index contributed by atoms with van der Waals surface area (Å²) >= 11 is 2.03. The summed E-state index contributed by atoms with van der Waals surface area (Å²) < 4.78 is 6.20. The predicted octanol–water partition coefficient (Wildman–Crippen LogP) is 7.33. The molecule has 0 saturated heterocycles. The van der Waals surface area contributed by atoms with Crippen molar-refractivity contribution in [3.63, 3.8) is 0 Å². The van der Waals surface area contributed by atoms with Gasteiger partial charge in [0, 0.05) is 28.0 Å². The zero-order valence-electron chi connectivity index (χ0n) is 19.4. The molecule has 4 bridgehead atoms. The third-order valence-corrected chi connectivity index (χ3v) is 10.7. The first-order valence-corrected chi connectivity index (χ1v) is 14.1. The predicted molar refractivity (Wildman–Crippen MR) is 132 cm³/mol. The molecule has 4 heteroatoms. The molecule has 5 aliphatic rings. The number of fused-ring (bicyclic) bond motifs is 1. The summed E-state index contributed by atoms with van der Waals surface area (Å²) in [6.07, 6.45) is 14.9. The molecule has 1 atom stereocenters. The van der Waals surface area contributed by atoms with E-state index >= 15 is 0 Å². The van der Waals surface area contributed by atoms with E-state index in [1.165, 1.54) is 70.6 Å². The second-order valence-electron chi connectivity index (χ2n) is 11.5. The molecular weight excluding hydrogens is 414 g/mol. The number of thioether (sulfide) groups is 1. The summed E-state index contributed by atoms with van der Waals surface area (Å²) in [5, 5.41) is 5.29. The third-order valence-electron chi connectivity index (χ3n) is 9.27. The first kappa shape index (κ1) is 21.1. The molecule has 1 aromatic heterocycles. The smallest absolute Gasteiger partial charge is 0.287 e. The number of amides is 1. The highest BCUT2D eigenvalue weighted by molar-refractivity contribution is 7.99. The lowest BCUT2D eigenvalue weighted by Gasteiger charge is -2.59. The number of hydrogen-bond donors (Lipinski definition) is 1. The molecule has 1 N–H and O–H groups in total. The highest BCUT2D eigenvalue weighted by atomic mass is 32.2. The molecule has 3 nitrogen and oxygen atoms in total. The van der Waals surface area contributed by atoms with Gasteiger partial charge in [-0.15, -0.1) is 0 Å². The first-order chi connectivity index (χ1) is 15.6. The van der Waals surface area contributed by atoms with Gasteiger partial charge in [-0.3, -0.25) is 4.79 Å². The fourth-order valence-electron chi connectivity index (χ4n) is 7.98. The van der Waals surface area contributed by atoms with E-state index < -0.39 is 0 Å². The van der Waals surface area contributed by atoms with Gasteiger partial charge in [-0.1, -0.05) is 37.5 Å². The van der Waals surface area contributed by atoms with E-state index in [2.05, 4.69) is 24.4 Å². The molecule has 0 radical (unpaired) electrons. The lowest BCUT2D eigenvalue weighted by molar-refractivity contribution is -0.0688. The maximum absolute atomic E-state index is 13.6. The van der Waals surface area contributed by atoms with Crippen LogP contribution < -0.4 is 5.32 Å². The van der Waals surface area contributed by atoms with Crippen molar-refractivity contribution in [1.29, 1.82) is 0 Å². The first-order valence-electron chi connectivity index (χ1n) is 13.0. The molecule has 1 unspecified atom stereocenters. The molecule has 5 fully saturated rings. The van der Waals surface area contributed by atoms with E-state index in [-0.39, 0.29) is 11.9 Å². The Bertz CT molecular complexity index is 953. The van der Waals surface area contributed by atoms with E-state index in [0.29, 0.717) is 11.2 Å². The second-order valence-corrected chi connectivity index (χ2v) is 12.7. The fourth-order valence-corrected chi connectivity index (χ4v) is 9.34. The van der Waals surface area contributed by atoms with E-state index in [1.54, 1.807) is 0 Å². The van der Waals surface area contributed by atoms with Gasteiger partial charge in [0.15, 0.2) is 5.76 Å². The van der Waals surface area contributed by atoms with Crippen molar-refractivity contribution in [3.8, 4) is 0 Å². The van der Waals surface area contributed by atoms with Gasteiger partial charge in [0.05, 0.1) is 0 Å². The summed E-state index contributed by atoms with van der Waals surface area (Å²) in [7, 11) is 0. The molecular formula is C28H37NO2S. The molecule has 0 aliphatic heterocycles. The van der Waals surface area contributed by atoms with Gasteiger partial charge >= 0.3 is 0 Å². The Hall–Kier alpha value is -1.42. The lowest BCUT2D eigenvalue weighted by Crippen LogP contribution is -2.55. The van der Waals surface area contributed by atoms with Crippen molar-refractivity contribution in [1.82, 2.24) is 5.32 Å². The minimum absolute atomic E-state index is 0.00342. The van der Waals surface area contributed by atoms with Crippen molar-refractivity contribution in [2.75, 3.05) is 0 Å². The van der Waals surface area contributed by atoms with Gasteiger partial charge in [-0.2, -0.15) is 11.8 Å². The number of rotatable bonds is 6. The Balaban J connectivity index is 1.22. The molecule has 7 rings (SSSR count). The molecule has 1 amide bonds. The highest BCUT2D eigenvalue weighted by Crippen LogP contribution is 2.61. The van der Waals surface area contributed by atoms with E-state index in [0.717, 1.165) is 45.3 Å². The van der Waals surface area contributed by atoms with Gasteiger partial charge in [0.2, 0.25) is 0 Å². The zero-order chi connectivity index (χ0) is 21.7. The van der Waals surface area contributed by atoms with Crippen LogP contribution >= 0.6 is 11.8 Å². The molecule has 5 saturated carbocycles. The van der Waals surface area contributed by atoms with Crippen LogP contribution in [0, 0.1) is 23.2 Å². The number of furan rings is 1. The second kappa shape index (κ2) is 8.42. The van der Waals surface area contributed by atoms with Crippen LogP contribution in [-0.2, 0) is 5.75 Å². The number of carbonyl (C=O) groups is 1. The number of carbonyl (C=O) groups excluding carboxylic acids is 1. The standard InChI is InChI=1S/C28H37NO2S/c1-18(28-14-19-11-20(15-28)13-21(12-19)16-28)29-27(30)26-24(17-32-22-7-3-2-4-8-22)23-9-5-6-10-25(23)31-26/h5-6,9-10,18-22H,2-4,7-8,11-17H2,1H3,(H,29,30). The Morgan fingerprint density at radius 1 is 1.06 bits per heavy atom. The summed E-state index contributed by atoms with van der Waals surface area (Å²) in [5.41, 5.74) is 2.26. The third kappa shape index (κ3) is 3.81. The van der Waals surface area contributed by atoms with Crippen molar-refractivity contribution in [2.45, 2.75) is 94.6 Å². The van der Waals surface area contributed by atoms with Crippen molar-refractivity contribution in [2.24, 2.45) is 23.2 Å². The van der Waals surface area contributed by atoms with Crippen LogP contribution in [0.25, 0.3) is 11.0 Å². The highest BCUT2D eigenvalue weighted by Gasteiger charge is 2.53. The molecule has 172 valence electrons. The van der Waals surface area contributed by atoms with E-state index in [4.69, 9.17) is 4.42 Å². The lowest BCUT2D eigenvalue weighted by atomic mass is 9.48. The quantitative estimate of drug-likeness (QED) is 0.500. The molecule has 2 aromatic rings. The van der Waals surface area contributed by atoms with Gasteiger partial charge in [-0.25, -0.2) is 0 Å². The SMILES string of the molecule is CC(NC(=O)c1oc2ccccc2c1CSC1CCCCC1)C12CC3CC(CC(C3)C1)C2. The van der Waals surface area contributed by atoms with Crippen molar-refractivity contribution < 1.29 is 9.21 Å². The number of benzene rings is 1. The maximum Gasteiger partial charge on any atom is 0.287 e. The van der Waals surface area contributed by atoms with Crippen molar-refractivity contribution in [3.05, 3.63) is 35.6 Å². The molecule has 0 spiro atoms. The van der Waals surface area contributed by atoms with Gasteiger partial charge in [-0.05, 0) is 87.5 Å². The average Bonchev–Trinajstić information content (AvgIpc) is 3.16. The largest absolute Gasteiger partial charge is 0.451 e. The molecule has 32 heavy (non-hydrogen) atoms. The Kier molecular flexibility index (Phi) is 5.56. The molecule has 1 aromatic carbocycles. The average molecular weight is 452 g/mol. The Labute approximate surface area is 196 Å². The van der Waals surface area contributed by atoms with Gasteiger partial charge < -0.3 is 9.73 Å². The number of para-hydroxylation sites is 1. The normalized spacial score (nSPS) is 33.0. The maximum atomic E-state index is 13.6. The fraction of sp³-hybridized carbons (Fsp3) is 0.679. The van der Waals surface area contributed by atoms with Gasteiger partial charge in [0.1, 0.15) is 5.58 Å². The molecule has 1 heterocycles. The topological polar surface area (TPSA) is 42.2 Å². The van der Waals surface area contributed by atoms with Crippen LogP contribution in [0.15, 0.2) is 28.7 Å². The number of nitrogens with one attached hydrogen (secondary N) is 1. The number of hydrogen-bond acceptors (Lipinski definition) is 3. The summed E-state index contributed by atoms with van der Waals surface area (Å²) in [6.45, 7) is 2.27. The minimum Gasteiger partial charge on any atom is -0.451 e. The van der Waals surface area contributed by atoms with E-state index in [9.17, 15) is 4.79 Å². The summed E-state index contributed by atoms with van der Waals surface area (Å²) in [4.78, 5) is 13.6. The minimum atomic E-state index is 0.00342. The Morgan fingerprint density at radius 3 is 2.41 bits per heavy atom. The molecule has 5 aliphatic carbocycles. The van der Waals surface area contributed by atoms with Crippen LogP contribution in [0.5, 0.6) is 0 Å². The van der Waals surface area contributed by atoms with E-state index in [1.807, 2.05) is 23.9 Å². The van der Waals surface area contributed by atoms with Crippen LogP contribution in [0.2, 0.25) is 0 Å². The Morgan fingerprint density at radius 2 is 1.72 bits per heavy atom. The monoisotopic (exact) mass is 451 g/mol.